The maximum atomic E-state index is 12.5. The number of benzene rings is 1. The molecule has 2 amide bonds. The Morgan fingerprint density at radius 1 is 1.30 bits per heavy atom. The van der Waals surface area contributed by atoms with E-state index in [4.69, 9.17) is 0 Å². The highest BCUT2D eigenvalue weighted by Crippen LogP contribution is 2.35. The lowest BCUT2D eigenvalue weighted by atomic mass is 10.2. The van der Waals surface area contributed by atoms with Crippen molar-refractivity contribution in [2.24, 2.45) is 0 Å². The van der Waals surface area contributed by atoms with E-state index < -0.39 is 0 Å². The molecular formula is C15H15BrN2OS. The number of nitrogens with zero attached hydrogens (tertiary/aromatic N) is 1. The number of hydrogen-bond acceptors (Lipinski definition) is 2. The SMILES string of the molecule is O=C(Nc1ccccc1Br)N1CCCC1c1cccs1. The number of carbonyl (C=O) groups is 1. The van der Waals surface area contributed by atoms with Gasteiger partial charge in [0, 0.05) is 15.9 Å². The fourth-order valence-corrected chi connectivity index (χ4v) is 3.79. The van der Waals surface area contributed by atoms with Crippen molar-refractivity contribution in [1.82, 2.24) is 4.90 Å². The highest BCUT2D eigenvalue weighted by atomic mass is 79.9. The molecule has 1 saturated heterocycles. The highest BCUT2D eigenvalue weighted by Gasteiger charge is 2.30. The van der Waals surface area contributed by atoms with E-state index >= 15 is 0 Å². The first-order valence-electron chi connectivity index (χ1n) is 6.61. The van der Waals surface area contributed by atoms with Gasteiger partial charge in [0.2, 0.25) is 0 Å². The van der Waals surface area contributed by atoms with Gasteiger partial charge in [-0.05, 0) is 52.4 Å². The predicted molar refractivity (Wildman–Crippen MR) is 86.2 cm³/mol. The molecule has 3 nitrogen and oxygen atoms in total. The van der Waals surface area contributed by atoms with Crippen LogP contribution in [0.4, 0.5) is 10.5 Å². The van der Waals surface area contributed by atoms with Crippen LogP contribution in [-0.2, 0) is 0 Å². The standard InChI is InChI=1S/C15H15BrN2OS/c16-11-5-1-2-6-12(11)17-15(19)18-9-3-7-13(18)14-8-4-10-20-14/h1-2,4-6,8,10,13H,3,7,9H2,(H,17,19). The van der Waals surface area contributed by atoms with E-state index in [9.17, 15) is 4.79 Å². The summed E-state index contributed by atoms with van der Waals surface area (Å²) in [6.45, 7) is 0.818. The smallest absolute Gasteiger partial charge is 0.317 e. The summed E-state index contributed by atoms with van der Waals surface area (Å²) in [5, 5.41) is 5.06. The molecule has 0 bridgehead atoms. The molecule has 1 fully saturated rings. The molecule has 0 aliphatic carbocycles. The monoisotopic (exact) mass is 350 g/mol. The van der Waals surface area contributed by atoms with E-state index in [0.29, 0.717) is 0 Å². The van der Waals surface area contributed by atoms with Crippen molar-refractivity contribution in [3.8, 4) is 0 Å². The minimum Gasteiger partial charge on any atom is -0.317 e. The van der Waals surface area contributed by atoms with Crippen molar-refractivity contribution >= 4 is 39.0 Å². The zero-order chi connectivity index (χ0) is 13.9. The molecule has 1 N–H and O–H groups in total. The molecular weight excluding hydrogens is 336 g/mol. The summed E-state index contributed by atoms with van der Waals surface area (Å²) in [6, 6.07) is 12.0. The zero-order valence-electron chi connectivity index (χ0n) is 10.9. The molecule has 0 saturated carbocycles. The molecule has 1 aliphatic heterocycles. The van der Waals surface area contributed by atoms with Crippen LogP contribution in [0.5, 0.6) is 0 Å². The molecule has 3 rings (SSSR count). The normalized spacial score (nSPS) is 18.2. The number of rotatable bonds is 2. The Hall–Kier alpha value is -1.33. The van der Waals surface area contributed by atoms with Gasteiger partial charge in [-0.15, -0.1) is 11.3 Å². The number of nitrogens with one attached hydrogen (secondary N) is 1. The van der Waals surface area contributed by atoms with Crippen LogP contribution in [0.3, 0.4) is 0 Å². The summed E-state index contributed by atoms with van der Waals surface area (Å²) in [6.07, 6.45) is 2.11. The van der Waals surface area contributed by atoms with Gasteiger partial charge in [-0.2, -0.15) is 0 Å². The minimum atomic E-state index is -0.0206. The first kappa shape index (κ1) is 13.6. The second kappa shape index (κ2) is 5.97. The molecule has 0 spiro atoms. The number of halogens is 1. The number of likely N-dealkylation sites (tertiary alicyclic amines) is 1. The molecule has 1 atom stereocenters. The molecule has 1 unspecified atom stereocenters. The number of carbonyl (C=O) groups excluding carboxylic acids is 1. The zero-order valence-corrected chi connectivity index (χ0v) is 13.3. The summed E-state index contributed by atoms with van der Waals surface area (Å²) < 4.78 is 0.903. The van der Waals surface area contributed by atoms with Crippen molar-refractivity contribution in [2.75, 3.05) is 11.9 Å². The second-order valence-corrected chi connectivity index (χ2v) is 6.61. The van der Waals surface area contributed by atoms with Gasteiger partial charge < -0.3 is 10.2 Å². The van der Waals surface area contributed by atoms with E-state index in [-0.39, 0.29) is 12.1 Å². The summed E-state index contributed by atoms with van der Waals surface area (Å²) in [5.74, 6) is 0. The Labute approximate surface area is 130 Å². The maximum Gasteiger partial charge on any atom is 0.322 e. The number of amides is 2. The van der Waals surface area contributed by atoms with Crippen LogP contribution < -0.4 is 5.32 Å². The number of anilines is 1. The predicted octanol–water partition coefficient (Wildman–Crippen LogP) is 4.88. The summed E-state index contributed by atoms with van der Waals surface area (Å²) >= 11 is 5.18. The summed E-state index contributed by atoms with van der Waals surface area (Å²) in [5.41, 5.74) is 0.814. The number of urea groups is 1. The van der Waals surface area contributed by atoms with E-state index in [1.807, 2.05) is 35.2 Å². The van der Waals surface area contributed by atoms with Crippen molar-refractivity contribution in [3.05, 3.63) is 51.1 Å². The van der Waals surface area contributed by atoms with E-state index in [0.717, 1.165) is 29.5 Å². The van der Waals surface area contributed by atoms with Crippen LogP contribution in [0.2, 0.25) is 0 Å². The van der Waals surface area contributed by atoms with E-state index in [1.54, 1.807) is 11.3 Å². The van der Waals surface area contributed by atoms with Crippen molar-refractivity contribution < 1.29 is 4.79 Å². The van der Waals surface area contributed by atoms with Gasteiger partial charge in [0.25, 0.3) is 0 Å². The van der Waals surface area contributed by atoms with Gasteiger partial charge >= 0.3 is 6.03 Å². The number of para-hydroxylation sites is 1. The third-order valence-corrected chi connectivity index (χ3v) is 5.17. The van der Waals surface area contributed by atoms with Crippen LogP contribution in [0.15, 0.2) is 46.3 Å². The number of thiophene rings is 1. The molecule has 1 aromatic carbocycles. The Morgan fingerprint density at radius 3 is 2.90 bits per heavy atom. The topological polar surface area (TPSA) is 32.3 Å². The molecule has 5 heteroatoms. The van der Waals surface area contributed by atoms with E-state index in [2.05, 4.69) is 32.7 Å². The third kappa shape index (κ3) is 2.74. The van der Waals surface area contributed by atoms with Gasteiger partial charge in [0.15, 0.2) is 0 Å². The van der Waals surface area contributed by atoms with Gasteiger partial charge in [-0.1, -0.05) is 18.2 Å². The quantitative estimate of drug-likeness (QED) is 0.822. The molecule has 2 heterocycles. The first-order valence-corrected chi connectivity index (χ1v) is 8.28. The molecule has 1 aromatic heterocycles. The average Bonchev–Trinajstić information content (AvgIpc) is 3.11. The van der Waals surface area contributed by atoms with Crippen molar-refractivity contribution in [2.45, 2.75) is 18.9 Å². The van der Waals surface area contributed by atoms with Crippen molar-refractivity contribution in [1.29, 1.82) is 0 Å². The second-order valence-electron chi connectivity index (χ2n) is 4.78. The van der Waals surface area contributed by atoms with Crippen LogP contribution in [0.25, 0.3) is 0 Å². The first-order chi connectivity index (χ1) is 9.75. The van der Waals surface area contributed by atoms with Crippen LogP contribution >= 0.6 is 27.3 Å². The van der Waals surface area contributed by atoms with Crippen LogP contribution in [0, 0.1) is 0 Å². The average molecular weight is 351 g/mol. The van der Waals surface area contributed by atoms with Gasteiger partial charge in [0.1, 0.15) is 0 Å². The maximum absolute atomic E-state index is 12.5. The van der Waals surface area contributed by atoms with Gasteiger partial charge in [0.05, 0.1) is 11.7 Å². The Morgan fingerprint density at radius 2 is 2.15 bits per heavy atom. The fraction of sp³-hybridized carbons (Fsp3) is 0.267. The molecule has 2 aromatic rings. The summed E-state index contributed by atoms with van der Waals surface area (Å²) in [4.78, 5) is 15.7. The number of hydrogen-bond donors (Lipinski definition) is 1. The Bertz CT molecular complexity index is 600. The summed E-state index contributed by atoms with van der Waals surface area (Å²) in [7, 11) is 0. The lowest BCUT2D eigenvalue weighted by Crippen LogP contribution is -2.34. The largest absolute Gasteiger partial charge is 0.322 e. The van der Waals surface area contributed by atoms with E-state index in [1.165, 1.54) is 4.88 Å². The van der Waals surface area contributed by atoms with Crippen molar-refractivity contribution in [3.63, 3.8) is 0 Å². The van der Waals surface area contributed by atoms with Gasteiger partial charge in [-0.25, -0.2) is 4.79 Å². The lowest BCUT2D eigenvalue weighted by molar-refractivity contribution is 0.208. The molecule has 0 radical (unpaired) electrons. The van der Waals surface area contributed by atoms with Gasteiger partial charge in [-0.3, -0.25) is 0 Å². The minimum absolute atomic E-state index is 0.0206. The molecule has 20 heavy (non-hydrogen) atoms. The Kier molecular flexibility index (Phi) is 4.08. The Balaban J connectivity index is 1.75. The molecule has 104 valence electrons. The molecule has 1 aliphatic rings. The lowest BCUT2D eigenvalue weighted by Gasteiger charge is -2.24. The highest BCUT2D eigenvalue weighted by molar-refractivity contribution is 9.10. The van der Waals surface area contributed by atoms with Crippen LogP contribution in [-0.4, -0.2) is 17.5 Å². The third-order valence-electron chi connectivity index (χ3n) is 3.50. The fourth-order valence-electron chi connectivity index (χ4n) is 2.54. The van der Waals surface area contributed by atoms with Crippen LogP contribution in [0.1, 0.15) is 23.8 Å².